The molecule has 6 nitrogen and oxygen atoms in total. The van der Waals surface area contributed by atoms with E-state index >= 15 is 0 Å². The van der Waals surface area contributed by atoms with Gasteiger partial charge in [0.1, 0.15) is 5.52 Å². The molecule has 0 amide bonds. The van der Waals surface area contributed by atoms with Gasteiger partial charge in [-0.3, -0.25) is 19.4 Å². The fourth-order valence-electron chi connectivity index (χ4n) is 3.24. The number of nitrogens with one attached hydrogen (secondary N) is 2. The van der Waals surface area contributed by atoms with E-state index in [1.807, 2.05) is 62.4 Å². The maximum absolute atomic E-state index is 12.5. The quantitative estimate of drug-likeness (QED) is 0.598. The number of H-pyrrole nitrogens is 2. The van der Waals surface area contributed by atoms with Gasteiger partial charge in [-0.2, -0.15) is 5.10 Å². The molecular weight excluding hydrogens is 328 g/mol. The Labute approximate surface area is 149 Å². The first-order valence-corrected chi connectivity index (χ1v) is 8.40. The number of fused-ring (bicyclic) bond motifs is 1. The molecule has 130 valence electrons. The molecule has 4 rings (SSSR count). The van der Waals surface area contributed by atoms with Crippen molar-refractivity contribution in [3.05, 3.63) is 86.8 Å². The van der Waals surface area contributed by atoms with Crippen LogP contribution in [0.3, 0.4) is 0 Å². The number of aromatic amines is 2. The van der Waals surface area contributed by atoms with Crippen LogP contribution in [0.5, 0.6) is 0 Å². The zero-order valence-corrected chi connectivity index (χ0v) is 14.5. The summed E-state index contributed by atoms with van der Waals surface area (Å²) in [5.41, 5.74) is 2.91. The molecule has 6 heteroatoms. The van der Waals surface area contributed by atoms with Crippen molar-refractivity contribution in [2.24, 2.45) is 0 Å². The highest BCUT2D eigenvalue weighted by Crippen LogP contribution is 2.26. The Morgan fingerprint density at radius 3 is 2.54 bits per heavy atom. The maximum atomic E-state index is 12.5. The van der Waals surface area contributed by atoms with E-state index in [4.69, 9.17) is 0 Å². The number of benzene rings is 2. The number of aryl methyl sites for hydroxylation is 1. The van der Waals surface area contributed by atoms with Crippen molar-refractivity contribution in [3.63, 3.8) is 0 Å². The van der Waals surface area contributed by atoms with E-state index < -0.39 is 11.2 Å². The number of hydrogen-bond acceptors (Lipinski definition) is 3. The van der Waals surface area contributed by atoms with Gasteiger partial charge >= 0.3 is 5.69 Å². The highest BCUT2D eigenvalue weighted by Gasteiger charge is 2.16. The molecule has 0 aliphatic carbocycles. The molecule has 26 heavy (non-hydrogen) atoms. The smallest absolute Gasteiger partial charge is 0.293 e. The lowest BCUT2D eigenvalue weighted by atomic mass is 10.0. The van der Waals surface area contributed by atoms with Gasteiger partial charge in [0, 0.05) is 22.8 Å². The predicted octanol–water partition coefficient (Wildman–Crippen LogP) is 3.00. The van der Waals surface area contributed by atoms with Crippen molar-refractivity contribution in [2.45, 2.75) is 19.9 Å². The molecule has 0 aliphatic rings. The van der Waals surface area contributed by atoms with Crippen molar-refractivity contribution < 1.29 is 0 Å². The molecule has 0 aliphatic heterocycles. The molecule has 0 saturated carbocycles. The minimum absolute atomic E-state index is 0.209. The van der Waals surface area contributed by atoms with Crippen molar-refractivity contribution in [1.29, 1.82) is 0 Å². The third-order valence-electron chi connectivity index (χ3n) is 4.73. The number of aromatic nitrogens is 4. The van der Waals surface area contributed by atoms with Crippen LogP contribution >= 0.6 is 0 Å². The second-order valence-electron chi connectivity index (χ2n) is 6.35. The molecule has 2 aromatic carbocycles. The van der Waals surface area contributed by atoms with Gasteiger partial charge in [-0.15, -0.1) is 0 Å². The number of rotatable bonds is 3. The van der Waals surface area contributed by atoms with Crippen LogP contribution < -0.4 is 11.2 Å². The van der Waals surface area contributed by atoms with Crippen LogP contribution in [0.15, 0.2) is 64.3 Å². The minimum atomic E-state index is -0.430. The lowest BCUT2D eigenvalue weighted by Gasteiger charge is -2.16. The summed E-state index contributed by atoms with van der Waals surface area (Å²) in [7, 11) is 0. The summed E-state index contributed by atoms with van der Waals surface area (Å²) in [6.45, 7) is 3.86. The first-order chi connectivity index (χ1) is 12.6. The lowest BCUT2D eigenvalue weighted by Crippen LogP contribution is -2.32. The molecule has 0 bridgehead atoms. The first kappa shape index (κ1) is 16.1. The van der Waals surface area contributed by atoms with Crippen LogP contribution in [-0.2, 0) is 0 Å². The van der Waals surface area contributed by atoms with Crippen molar-refractivity contribution >= 4 is 10.9 Å². The molecule has 2 N–H and O–H groups in total. The SMILES string of the molecule is Cc1[nH]nc2c(-c3cn(C(C)c4ccccc4)c(=O)[nH]c3=O)cccc12. The Morgan fingerprint density at radius 1 is 1.00 bits per heavy atom. The van der Waals surface area contributed by atoms with Crippen LogP contribution in [-0.4, -0.2) is 19.7 Å². The van der Waals surface area contributed by atoms with E-state index in [1.165, 1.54) is 0 Å². The molecule has 0 spiro atoms. The Morgan fingerprint density at radius 2 is 1.77 bits per heavy atom. The van der Waals surface area contributed by atoms with E-state index in [-0.39, 0.29) is 6.04 Å². The summed E-state index contributed by atoms with van der Waals surface area (Å²) in [6.07, 6.45) is 1.62. The van der Waals surface area contributed by atoms with Crippen LogP contribution in [0, 0.1) is 6.92 Å². The maximum Gasteiger partial charge on any atom is 0.328 e. The number of hydrogen-bond donors (Lipinski definition) is 2. The molecular formula is C20H18N4O2. The topological polar surface area (TPSA) is 83.5 Å². The van der Waals surface area contributed by atoms with Gasteiger partial charge in [-0.25, -0.2) is 4.79 Å². The Kier molecular flexibility index (Phi) is 3.80. The molecule has 0 radical (unpaired) electrons. The van der Waals surface area contributed by atoms with Crippen LogP contribution in [0.2, 0.25) is 0 Å². The second-order valence-corrected chi connectivity index (χ2v) is 6.35. The van der Waals surface area contributed by atoms with Crippen molar-refractivity contribution in [1.82, 2.24) is 19.7 Å². The summed E-state index contributed by atoms with van der Waals surface area (Å²) >= 11 is 0. The van der Waals surface area contributed by atoms with E-state index in [9.17, 15) is 9.59 Å². The van der Waals surface area contributed by atoms with Crippen LogP contribution in [0.25, 0.3) is 22.0 Å². The van der Waals surface area contributed by atoms with Gasteiger partial charge in [0.05, 0.1) is 11.6 Å². The predicted molar refractivity (Wildman–Crippen MR) is 101 cm³/mol. The first-order valence-electron chi connectivity index (χ1n) is 8.40. The summed E-state index contributed by atoms with van der Waals surface area (Å²) in [5.74, 6) is 0. The Balaban J connectivity index is 1.93. The van der Waals surface area contributed by atoms with Gasteiger partial charge < -0.3 is 0 Å². The Hall–Kier alpha value is -3.41. The normalized spacial score (nSPS) is 12.4. The molecule has 1 unspecified atom stereocenters. The third-order valence-corrected chi connectivity index (χ3v) is 4.73. The average molecular weight is 346 g/mol. The minimum Gasteiger partial charge on any atom is -0.293 e. The van der Waals surface area contributed by atoms with Crippen molar-refractivity contribution in [3.8, 4) is 11.1 Å². The van der Waals surface area contributed by atoms with Gasteiger partial charge in [-0.1, -0.05) is 48.5 Å². The average Bonchev–Trinajstić information content (AvgIpc) is 3.04. The third kappa shape index (κ3) is 2.56. The fraction of sp³-hybridized carbons (Fsp3) is 0.150. The van der Waals surface area contributed by atoms with Crippen LogP contribution in [0.4, 0.5) is 0 Å². The number of nitrogens with zero attached hydrogens (tertiary/aromatic N) is 2. The van der Waals surface area contributed by atoms with Gasteiger partial charge in [0.2, 0.25) is 0 Å². The number of para-hydroxylation sites is 1. The van der Waals surface area contributed by atoms with Crippen molar-refractivity contribution in [2.75, 3.05) is 0 Å². The summed E-state index contributed by atoms with van der Waals surface area (Å²) in [6, 6.07) is 15.2. The second kappa shape index (κ2) is 6.15. The molecule has 2 aromatic heterocycles. The zero-order chi connectivity index (χ0) is 18.3. The summed E-state index contributed by atoms with van der Waals surface area (Å²) < 4.78 is 1.55. The van der Waals surface area contributed by atoms with E-state index in [0.717, 1.165) is 16.6 Å². The fourth-order valence-corrected chi connectivity index (χ4v) is 3.24. The molecule has 0 fully saturated rings. The van der Waals surface area contributed by atoms with Gasteiger partial charge in [0.15, 0.2) is 0 Å². The summed E-state index contributed by atoms with van der Waals surface area (Å²) in [5, 5.41) is 8.23. The molecule has 0 saturated heterocycles. The molecule has 2 heterocycles. The monoisotopic (exact) mass is 346 g/mol. The van der Waals surface area contributed by atoms with Gasteiger partial charge in [-0.05, 0) is 19.4 Å². The van der Waals surface area contributed by atoms with Crippen LogP contribution in [0.1, 0.15) is 24.2 Å². The van der Waals surface area contributed by atoms with Gasteiger partial charge in [0.25, 0.3) is 5.56 Å². The van der Waals surface area contributed by atoms with E-state index in [1.54, 1.807) is 10.8 Å². The Bertz CT molecular complexity index is 1200. The standard InChI is InChI=1S/C20H18N4O2/c1-12-15-9-6-10-16(18(15)23-22-12)17-11-24(20(26)21-19(17)25)13(2)14-7-4-3-5-8-14/h3-11,13H,1-2H3,(H,22,23)(H,21,25,26). The molecule has 1 atom stereocenters. The summed E-state index contributed by atoms with van der Waals surface area (Å²) in [4.78, 5) is 27.3. The highest BCUT2D eigenvalue weighted by molar-refractivity contribution is 5.94. The van der Waals surface area contributed by atoms with E-state index in [0.29, 0.717) is 16.6 Å². The molecule has 4 aromatic rings. The highest BCUT2D eigenvalue weighted by atomic mass is 16.2. The lowest BCUT2D eigenvalue weighted by molar-refractivity contribution is 0.596. The zero-order valence-electron chi connectivity index (χ0n) is 14.5. The van der Waals surface area contributed by atoms with E-state index in [2.05, 4.69) is 15.2 Å². The largest absolute Gasteiger partial charge is 0.328 e.